The summed E-state index contributed by atoms with van der Waals surface area (Å²) in [4.78, 5) is 0. The van der Waals surface area contributed by atoms with Gasteiger partial charge in [0.05, 0.1) is 12.7 Å². The fraction of sp³-hybridized carbons (Fsp3) is 0.200. The van der Waals surface area contributed by atoms with E-state index in [1.807, 2.05) is 0 Å². The van der Waals surface area contributed by atoms with Crippen LogP contribution in [0, 0.1) is 0 Å². The molecule has 2 rings (SSSR count). The molecule has 0 saturated carbocycles. The predicted molar refractivity (Wildman–Crippen MR) is 86.3 cm³/mol. The van der Waals surface area contributed by atoms with Gasteiger partial charge in [-0.15, -0.1) is 0 Å². The molecule has 2 aromatic carbocycles. The molecule has 0 aromatic heterocycles. The SMILES string of the molecule is Nc1ccc(N)c(-c2cc(N)cc(N)c2CC(O)CO)c1. The van der Waals surface area contributed by atoms with Gasteiger partial charge in [-0.25, -0.2) is 0 Å². The second-order valence-electron chi connectivity index (χ2n) is 5.02. The smallest absolute Gasteiger partial charge is 0.0812 e. The lowest BCUT2D eigenvalue weighted by Crippen LogP contribution is -2.17. The maximum absolute atomic E-state index is 9.71. The number of hydrogen-bond acceptors (Lipinski definition) is 6. The zero-order valence-corrected chi connectivity index (χ0v) is 11.6. The number of anilines is 4. The van der Waals surface area contributed by atoms with E-state index >= 15 is 0 Å². The van der Waals surface area contributed by atoms with Crippen molar-refractivity contribution in [1.29, 1.82) is 0 Å². The van der Waals surface area contributed by atoms with Crippen molar-refractivity contribution >= 4 is 22.7 Å². The lowest BCUT2D eigenvalue weighted by atomic mass is 9.92. The van der Waals surface area contributed by atoms with Gasteiger partial charge < -0.3 is 33.1 Å². The number of benzene rings is 2. The van der Waals surface area contributed by atoms with E-state index in [2.05, 4.69) is 0 Å². The minimum Gasteiger partial charge on any atom is -0.399 e. The second kappa shape index (κ2) is 5.90. The first-order valence-corrected chi connectivity index (χ1v) is 6.54. The van der Waals surface area contributed by atoms with Crippen molar-refractivity contribution < 1.29 is 10.2 Å². The van der Waals surface area contributed by atoms with Crippen LogP contribution in [-0.2, 0) is 6.42 Å². The van der Waals surface area contributed by atoms with E-state index in [9.17, 15) is 5.11 Å². The van der Waals surface area contributed by atoms with Crippen LogP contribution in [0.5, 0.6) is 0 Å². The molecular formula is C15H20N4O2. The van der Waals surface area contributed by atoms with E-state index in [-0.39, 0.29) is 13.0 Å². The van der Waals surface area contributed by atoms with Crippen LogP contribution in [0.25, 0.3) is 11.1 Å². The maximum atomic E-state index is 9.71. The Morgan fingerprint density at radius 1 is 0.857 bits per heavy atom. The normalized spacial score (nSPS) is 12.3. The summed E-state index contributed by atoms with van der Waals surface area (Å²) in [6.07, 6.45) is -0.705. The van der Waals surface area contributed by atoms with Crippen LogP contribution in [0.15, 0.2) is 30.3 Å². The molecule has 0 heterocycles. The fourth-order valence-corrected chi connectivity index (χ4v) is 2.29. The monoisotopic (exact) mass is 288 g/mol. The van der Waals surface area contributed by atoms with Crippen LogP contribution in [0.3, 0.4) is 0 Å². The molecule has 0 fully saturated rings. The van der Waals surface area contributed by atoms with Gasteiger partial charge in [0.15, 0.2) is 0 Å². The third-order valence-electron chi connectivity index (χ3n) is 3.32. The maximum Gasteiger partial charge on any atom is 0.0812 e. The lowest BCUT2D eigenvalue weighted by Gasteiger charge is -2.17. The molecule has 0 bridgehead atoms. The number of hydrogen-bond donors (Lipinski definition) is 6. The molecule has 112 valence electrons. The van der Waals surface area contributed by atoms with Gasteiger partial charge in [-0.2, -0.15) is 0 Å². The molecule has 1 unspecified atom stereocenters. The zero-order chi connectivity index (χ0) is 15.6. The van der Waals surface area contributed by atoms with E-state index in [1.54, 1.807) is 30.3 Å². The largest absolute Gasteiger partial charge is 0.399 e. The molecule has 0 radical (unpaired) electrons. The van der Waals surface area contributed by atoms with E-state index in [1.165, 1.54) is 0 Å². The van der Waals surface area contributed by atoms with Gasteiger partial charge in [0, 0.05) is 34.7 Å². The molecule has 0 aliphatic heterocycles. The van der Waals surface area contributed by atoms with Gasteiger partial charge in [0.1, 0.15) is 0 Å². The molecule has 0 aliphatic rings. The molecular weight excluding hydrogens is 268 g/mol. The number of aliphatic hydroxyl groups is 2. The molecule has 1 atom stereocenters. The summed E-state index contributed by atoms with van der Waals surface area (Å²) in [6.45, 7) is -0.352. The van der Waals surface area contributed by atoms with Crippen LogP contribution < -0.4 is 22.9 Å². The van der Waals surface area contributed by atoms with E-state index < -0.39 is 6.10 Å². The quantitative estimate of drug-likeness (QED) is 0.454. The van der Waals surface area contributed by atoms with Crippen molar-refractivity contribution in [1.82, 2.24) is 0 Å². The summed E-state index contributed by atoms with van der Waals surface area (Å²) < 4.78 is 0. The Hall–Kier alpha value is -2.44. The first-order chi connectivity index (χ1) is 9.92. The van der Waals surface area contributed by atoms with Crippen LogP contribution in [0.2, 0.25) is 0 Å². The Morgan fingerprint density at radius 2 is 1.52 bits per heavy atom. The minimum absolute atomic E-state index is 0.201. The van der Waals surface area contributed by atoms with Crippen molar-refractivity contribution in [3.8, 4) is 11.1 Å². The number of aliphatic hydroxyl groups excluding tert-OH is 2. The van der Waals surface area contributed by atoms with E-state index in [4.69, 9.17) is 28.0 Å². The molecule has 10 N–H and O–H groups in total. The average Bonchev–Trinajstić information content (AvgIpc) is 2.44. The molecule has 6 heteroatoms. The molecule has 0 spiro atoms. The van der Waals surface area contributed by atoms with Crippen molar-refractivity contribution in [2.75, 3.05) is 29.5 Å². The summed E-state index contributed by atoms with van der Waals surface area (Å²) in [6, 6.07) is 8.50. The first kappa shape index (κ1) is 15.0. The van der Waals surface area contributed by atoms with Gasteiger partial charge >= 0.3 is 0 Å². The Morgan fingerprint density at radius 3 is 2.19 bits per heavy atom. The van der Waals surface area contributed by atoms with Gasteiger partial charge in [-0.3, -0.25) is 0 Å². The average molecular weight is 288 g/mol. The van der Waals surface area contributed by atoms with Crippen molar-refractivity contribution in [3.63, 3.8) is 0 Å². The fourth-order valence-electron chi connectivity index (χ4n) is 2.29. The van der Waals surface area contributed by atoms with E-state index in [0.29, 0.717) is 39.4 Å². The molecule has 0 amide bonds. The zero-order valence-electron chi connectivity index (χ0n) is 11.6. The van der Waals surface area contributed by atoms with E-state index in [0.717, 1.165) is 0 Å². The number of nitrogen functional groups attached to an aromatic ring is 4. The highest BCUT2D eigenvalue weighted by Crippen LogP contribution is 2.35. The second-order valence-corrected chi connectivity index (χ2v) is 5.02. The molecule has 0 aliphatic carbocycles. The first-order valence-electron chi connectivity index (χ1n) is 6.54. The van der Waals surface area contributed by atoms with Crippen molar-refractivity contribution in [3.05, 3.63) is 35.9 Å². The molecule has 2 aromatic rings. The minimum atomic E-state index is -0.906. The van der Waals surface area contributed by atoms with Gasteiger partial charge in [-0.1, -0.05) is 0 Å². The third-order valence-corrected chi connectivity index (χ3v) is 3.32. The van der Waals surface area contributed by atoms with Gasteiger partial charge in [0.25, 0.3) is 0 Å². The van der Waals surface area contributed by atoms with Crippen LogP contribution in [-0.4, -0.2) is 22.9 Å². The number of rotatable bonds is 4. The van der Waals surface area contributed by atoms with Gasteiger partial charge in [0.2, 0.25) is 0 Å². The van der Waals surface area contributed by atoms with Crippen molar-refractivity contribution in [2.45, 2.75) is 12.5 Å². The summed E-state index contributed by atoms with van der Waals surface area (Å²) in [5, 5.41) is 18.7. The van der Waals surface area contributed by atoms with Crippen molar-refractivity contribution in [2.24, 2.45) is 0 Å². The topological polar surface area (TPSA) is 145 Å². The summed E-state index contributed by atoms with van der Waals surface area (Å²) >= 11 is 0. The highest BCUT2D eigenvalue weighted by molar-refractivity contribution is 5.85. The summed E-state index contributed by atoms with van der Waals surface area (Å²) in [5.41, 5.74) is 27.8. The van der Waals surface area contributed by atoms with Crippen LogP contribution in [0.4, 0.5) is 22.7 Å². The van der Waals surface area contributed by atoms with Gasteiger partial charge in [-0.05, 0) is 41.5 Å². The van der Waals surface area contributed by atoms with Crippen LogP contribution in [0.1, 0.15) is 5.56 Å². The Balaban J connectivity index is 2.63. The predicted octanol–water partition coefficient (Wildman–Crippen LogP) is 0.578. The number of nitrogens with two attached hydrogens (primary N) is 4. The Labute approximate surface area is 123 Å². The Kier molecular flexibility index (Phi) is 4.21. The highest BCUT2D eigenvalue weighted by Gasteiger charge is 2.16. The molecule has 21 heavy (non-hydrogen) atoms. The van der Waals surface area contributed by atoms with Crippen LogP contribution >= 0.6 is 0 Å². The highest BCUT2D eigenvalue weighted by atomic mass is 16.3. The summed E-state index contributed by atoms with van der Waals surface area (Å²) in [5.74, 6) is 0. The lowest BCUT2D eigenvalue weighted by molar-refractivity contribution is 0.0957. The Bertz CT molecular complexity index is 658. The molecule has 6 nitrogen and oxygen atoms in total. The summed E-state index contributed by atoms with van der Waals surface area (Å²) in [7, 11) is 0. The molecule has 0 saturated heterocycles. The standard InChI is InChI=1S/C15H20N4O2/c16-8-1-2-14(18)12(3-8)11-4-9(17)5-15(19)13(11)6-10(21)7-20/h1-5,10,20-21H,6-7,16-19H2. The third kappa shape index (κ3) is 3.18.